The first-order chi connectivity index (χ1) is 8.08. The normalized spacial score (nSPS) is 10.5. The van der Waals surface area contributed by atoms with Crippen molar-refractivity contribution in [2.75, 3.05) is 0 Å². The summed E-state index contributed by atoms with van der Waals surface area (Å²) in [5, 5.41) is 3.80. The molecule has 1 aromatic heterocycles. The molecule has 0 saturated carbocycles. The molecule has 0 bridgehead atoms. The zero-order chi connectivity index (χ0) is 12.4. The molecular weight excluding hydrogens is 282 g/mol. The number of benzene rings is 1. The summed E-state index contributed by atoms with van der Waals surface area (Å²) in [6, 6.07) is 7.98. The highest BCUT2D eigenvalue weighted by Gasteiger charge is 2.16. The van der Waals surface area contributed by atoms with Crippen LogP contribution in [-0.2, 0) is 6.42 Å². The lowest BCUT2D eigenvalue weighted by atomic mass is 10.0. The molecule has 2 aromatic rings. The molecule has 0 N–H and O–H groups in total. The van der Waals surface area contributed by atoms with Gasteiger partial charge in [-0.05, 0) is 24.6 Å². The van der Waals surface area contributed by atoms with Gasteiger partial charge in [-0.3, -0.25) is 4.79 Å². The monoisotopic (exact) mass is 293 g/mol. The molecule has 2 rings (SSSR count). The maximum absolute atomic E-state index is 11.4. The molecule has 88 valence electrons. The van der Waals surface area contributed by atoms with Gasteiger partial charge in [0.1, 0.15) is 5.76 Å². The number of aromatic nitrogens is 1. The van der Waals surface area contributed by atoms with E-state index in [1.54, 1.807) is 0 Å². The Labute approximate surface area is 108 Å². The van der Waals surface area contributed by atoms with Crippen LogP contribution in [0.2, 0.25) is 0 Å². The van der Waals surface area contributed by atoms with E-state index >= 15 is 0 Å². The second-order valence-electron chi connectivity index (χ2n) is 3.93. The number of carbonyl (C=O) groups is 1. The van der Waals surface area contributed by atoms with Crippen LogP contribution in [0.25, 0.3) is 0 Å². The van der Waals surface area contributed by atoms with E-state index in [0.29, 0.717) is 17.9 Å². The van der Waals surface area contributed by atoms with Gasteiger partial charge in [-0.15, -0.1) is 0 Å². The average Bonchev–Trinajstić information content (AvgIpc) is 2.64. The quantitative estimate of drug-likeness (QED) is 0.813. The maximum Gasteiger partial charge on any atom is 0.181 e. The summed E-state index contributed by atoms with van der Waals surface area (Å²) >= 11 is 3.39. The van der Waals surface area contributed by atoms with Crippen LogP contribution in [0.15, 0.2) is 33.3 Å². The van der Waals surface area contributed by atoms with E-state index in [9.17, 15) is 4.79 Å². The number of nitrogens with zero attached hydrogens (tertiary/aromatic N) is 1. The summed E-state index contributed by atoms with van der Waals surface area (Å²) in [6.07, 6.45) is 0.664. The minimum absolute atomic E-state index is 0.0611. The number of aryl methyl sites for hydroxylation is 1. The Morgan fingerprint density at radius 2 is 2.00 bits per heavy atom. The zero-order valence-electron chi connectivity index (χ0n) is 9.66. The molecule has 1 aromatic carbocycles. The molecule has 0 radical (unpaired) electrons. The van der Waals surface area contributed by atoms with Crippen molar-refractivity contribution in [1.29, 1.82) is 0 Å². The highest BCUT2D eigenvalue weighted by molar-refractivity contribution is 9.10. The number of carbonyl (C=O) groups excluding carboxylic acids is 1. The van der Waals surface area contributed by atoms with Gasteiger partial charge in [-0.25, -0.2) is 0 Å². The fourth-order valence-corrected chi connectivity index (χ4v) is 1.95. The molecule has 0 aliphatic carbocycles. The van der Waals surface area contributed by atoms with Crippen LogP contribution in [0.1, 0.15) is 34.3 Å². The van der Waals surface area contributed by atoms with Gasteiger partial charge in [0.25, 0.3) is 0 Å². The van der Waals surface area contributed by atoms with Crippen molar-refractivity contribution in [1.82, 2.24) is 5.16 Å². The standard InChI is InChI=1S/C13H12BrNO2/c1-8(16)13-12(9(2)17-15-13)7-10-3-5-11(14)6-4-10/h3-6H,7H2,1-2H3. The van der Waals surface area contributed by atoms with E-state index in [1.165, 1.54) is 6.92 Å². The fourth-order valence-electron chi connectivity index (χ4n) is 1.68. The molecule has 0 aliphatic heterocycles. The molecule has 1 heterocycles. The summed E-state index contributed by atoms with van der Waals surface area (Å²) < 4.78 is 6.11. The van der Waals surface area contributed by atoms with Gasteiger partial charge < -0.3 is 4.52 Å². The fraction of sp³-hybridized carbons (Fsp3) is 0.231. The maximum atomic E-state index is 11.4. The molecule has 0 unspecified atom stereocenters. The molecule has 0 amide bonds. The van der Waals surface area contributed by atoms with Gasteiger partial charge in [-0.2, -0.15) is 0 Å². The Hall–Kier alpha value is -1.42. The van der Waals surface area contributed by atoms with Gasteiger partial charge in [0.05, 0.1) is 0 Å². The summed E-state index contributed by atoms with van der Waals surface area (Å²) in [6.45, 7) is 3.33. The second kappa shape index (κ2) is 4.84. The van der Waals surface area contributed by atoms with Crippen LogP contribution in [0.5, 0.6) is 0 Å². The van der Waals surface area contributed by atoms with E-state index < -0.39 is 0 Å². The Bertz CT molecular complexity index is 543. The number of hydrogen-bond acceptors (Lipinski definition) is 3. The molecule has 17 heavy (non-hydrogen) atoms. The molecular formula is C13H12BrNO2. The van der Waals surface area contributed by atoms with Crippen LogP contribution >= 0.6 is 15.9 Å². The van der Waals surface area contributed by atoms with E-state index in [2.05, 4.69) is 21.1 Å². The summed E-state index contributed by atoms with van der Waals surface area (Å²) in [4.78, 5) is 11.4. The minimum atomic E-state index is -0.0611. The van der Waals surface area contributed by atoms with E-state index in [0.717, 1.165) is 15.6 Å². The number of halogens is 1. The van der Waals surface area contributed by atoms with Crippen molar-refractivity contribution in [3.8, 4) is 0 Å². The van der Waals surface area contributed by atoms with E-state index in [4.69, 9.17) is 4.52 Å². The lowest BCUT2D eigenvalue weighted by Crippen LogP contribution is -1.99. The van der Waals surface area contributed by atoms with Crippen molar-refractivity contribution in [2.45, 2.75) is 20.3 Å². The topological polar surface area (TPSA) is 43.1 Å². The minimum Gasteiger partial charge on any atom is -0.361 e. The summed E-state index contributed by atoms with van der Waals surface area (Å²) in [7, 11) is 0. The van der Waals surface area contributed by atoms with Crippen LogP contribution in [-0.4, -0.2) is 10.9 Å². The molecule has 0 aliphatic rings. The highest BCUT2D eigenvalue weighted by Crippen LogP contribution is 2.20. The number of hydrogen-bond donors (Lipinski definition) is 0. The van der Waals surface area contributed by atoms with Gasteiger partial charge in [-0.1, -0.05) is 33.2 Å². The second-order valence-corrected chi connectivity index (χ2v) is 4.84. The first kappa shape index (κ1) is 12.0. The molecule has 0 fully saturated rings. The molecule has 3 nitrogen and oxygen atoms in total. The Morgan fingerprint density at radius 3 is 2.59 bits per heavy atom. The molecule has 0 atom stereocenters. The third kappa shape index (κ3) is 2.64. The average molecular weight is 294 g/mol. The van der Waals surface area contributed by atoms with Crippen molar-refractivity contribution < 1.29 is 9.32 Å². The van der Waals surface area contributed by atoms with Crippen molar-refractivity contribution >= 4 is 21.7 Å². The number of rotatable bonds is 3. The third-order valence-corrected chi connectivity index (χ3v) is 3.14. The van der Waals surface area contributed by atoms with Gasteiger partial charge in [0, 0.05) is 23.4 Å². The van der Waals surface area contributed by atoms with Crippen LogP contribution in [0.3, 0.4) is 0 Å². The third-order valence-electron chi connectivity index (χ3n) is 2.61. The van der Waals surface area contributed by atoms with Gasteiger partial charge in [0.2, 0.25) is 0 Å². The van der Waals surface area contributed by atoms with E-state index in [-0.39, 0.29) is 5.78 Å². The first-order valence-corrected chi connectivity index (χ1v) is 6.07. The van der Waals surface area contributed by atoms with Gasteiger partial charge in [0.15, 0.2) is 11.5 Å². The largest absolute Gasteiger partial charge is 0.361 e. The molecule has 4 heteroatoms. The van der Waals surface area contributed by atoms with Crippen LogP contribution < -0.4 is 0 Å². The number of Topliss-reactive ketones (excluding diaryl/α,β-unsaturated/α-hetero) is 1. The Kier molecular flexibility index (Phi) is 3.43. The lowest BCUT2D eigenvalue weighted by Gasteiger charge is -2.01. The van der Waals surface area contributed by atoms with E-state index in [1.807, 2.05) is 31.2 Å². The van der Waals surface area contributed by atoms with Crippen molar-refractivity contribution in [2.24, 2.45) is 0 Å². The summed E-state index contributed by atoms with van der Waals surface area (Å²) in [5.41, 5.74) is 2.44. The van der Waals surface area contributed by atoms with Crippen LogP contribution in [0, 0.1) is 6.92 Å². The van der Waals surface area contributed by atoms with Crippen molar-refractivity contribution in [3.05, 3.63) is 51.3 Å². The smallest absolute Gasteiger partial charge is 0.181 e. The first-order valence-electron chi connectivity index (χ1n) is 5.28. The molecule has 0 saturated heterocycles. The lowest BCUT2D eigenvalue weighted by molar-refractivity contribution is 0.100. The number of ketones is 1. The van der Waals surface area contributed by atoms with Crippen LogP contribution in [0.4, 0.5) is 0 Å². The predicted octanol–water partition coefficient (Wildman–Crippen LogP) is 3.54. The van der Waals surface area contributed by atoms with Gasteiger partial charge >= 0.3 is 0 Å². The summed E-state index contributed by atoms with van der Waals surface area (Å²) in [5.74, 6) is 0.645. The molecule has 0 spiro atoms. The SMILES string of the molecule is CC(=O)c1noc(C)c1Cc1ccc(Br)cc1. The van der Waals surface area contributed by atoms with Crippen molar-refractivity contribution in [3.63, 3.8) is 0 Å². The predicted molar refractivity (Wildman–Crippen MR) is 68.2 cm³/mol. The Morgan fingerprint density at radius 1 is 1.35 bits per heavy atom. The highest BCUT2D eigenvalue weighted by atomic mass is 79.9. The Balaban J connectivity index is 2.32. The zero-order valence-corrected chi connectivity index (χ0v) is 11.2.